The van der Waals surface area contributed by atoms with Crippen LogP contribution in [0.4, 0.5) is 13.2 Å². The van der Waals surface area contributed by atoms with Gasteiger partial charge in [0.25, 0.3) is 5.91 Å². The van der Waals surface area contributed by atoms with Crippen molar-refractivity contribution in [1.29, 1.82) is 0 Å². The third-order valence-corrected chi connectivity index (χ3v) is 8.05. The summed E-state index contributed by atoms with van der Waals surface area (Å²) in [5, 5.41) is 3.09. The van der Waals surface area contributed by atoms with Gasteiger partial charge in [0.15, 0.2) is 0 Å². The fourth-order valence-electron chi connectivity index (χ4n) is 4.83. The number of carbonyl (C=O) groups is 1. The van der Waals surface area contributed by atoms with E-state index in [9.17, 15) is 18.0 Å². The lowest BCUT2D eigenvalue weighted by Crippen LogP contribution is -2.53. The van der Waals surface area contributed by atoms with Gasteiger partial charge in [-0.05, 0) is 79.9 Å². The monoisotopic (exact) mass is 458 g/mol. The largest absolute Gasteiger partial charge is 0.480 e. The fourth-order valence-corrected chi connectivity index (χ4v) is 5.86. The number of thioether (sulfide) groups is 1. The van der Waals surface area contributed by atoms with Gasteiger partial charge in [-0.3, -0.25) is 4.79 Å². The molecule has 1 aromatic heterocycles. The minimum Gasteiger partial charge on any atom is -0.480 e. The molecule has 4 nitrogen and oxygen atoms in total. The molecule has 0 bridgehead atoms. The van der Waals surface area contributed by atoms with E-state index in [0.717, 1.165) is 37.0 Å². The highest BCUT2D eigenvalue weighted by Gasteiger charge is 2.50. The number of rotatable bonds is 10. The van der Waals surface area contributed by atoms with Crippen molar-refractivity contribution in [3.8, 4) is 5.88 Å². The van der Waals surface area contributed by atoms with Crippen molar-refractivity contribution in [1.82, 2.24) is 10.3 Å². The highest BCUT2D eigenvalue weighted by molar-refractivity contribution is 7.99. The molecule has 3 rings (SSSR count). The maximum absolute atomic E-state index is 13.1. The molecule has 0 saturated heterocycles. The third-order valence-electron chi connectivity index (χ3n) is 6.64. The summed E-state index contributed by atoms with van der Waals surface area (Å²) in [5.74, 6) is 3.07. The number of nitrogens with zero attached hydrogens (tertiary/aromatic N) is 1. The zero-order valence-electron chi connectivity index (χ0n) is 18.8. The van der Waals surface area contributed by atoms with E-state index in [2.05, 4.69) is 17.2 Å². The van der Waals surface area contributed by atoms with Gasteiger partial charge >= 0.3 is 6.18 Å². The molecule has 1 unspecified atom stereocenters. The van der Waals surface area contributed by atoms with Crippen LogP contribution in [0.15, 0.2) is 6.07 Å². The van der Waals surface area contributed by atoms with Gasteiger partial charge in [0.05, 0.1) is 7.11 Å². The molecule has 2 fully saturated rings. The molecular weight excluding hydrogens is 425 g/mol. The number of aromatic nitrogens is 1. The Kier molecular flexibility index (Phi) is 7.49. The molecule has 1 atom stereocenters. The van der Waals surface area contributed by atoms with Crippen LogP contribution in [0.2, 0.25) is 0 Å². The molecule has 2 aliphatic rings. The minimum absolute atomic E-state index is 0.0561. The van der Waals surface area contributed by atoms with Crippen LogP contribution in [0, 0.1) is 24.2 Å². The summed E-state index contributed by atoms with van der Waals surface area (Å²) in [6.07, 6.45) is 2.42. The molecule has 31 heavy (non-hydrogen) atoms. The lowest BCUT2D eigenvalue weighted by Gasteiger charge is -2.52. The van der Waals surface area contributed by atoms with E-state index in [1.54, 1.807) is 0 Å². The smallest absolute Gasteiger partial charge is 0.433 e. The zero-order chi connectivity index (χ0) is 22.8. The fraction of sp³-hybridized carbons (Fsp3) is 0.739. The first-order valence-electron chi connectivity index (χ1n) is 11.1. The van der Waals surface area contributed by atoms with Gasteiger partial charge in [-0.25, -0.2) is 4.98 Å². The Labute approximate surface area is 187 Å². The first-order valence-corrected chi connectivity index (χ1v) is 12.3. The summed E-state index contributed by atoms with van der Waals surface area (Å²) in [4.78, 5) is 16.6. The highest BCUT2D eigenvalue weighted by atomic mass is 32.2. The number of hydrogen-bond acceptors (Lipinski definition) is 4. The number of amides is 1. The number of carbonyl (C=O) groups excluding carboxylic acids is 1. The summed E-state index contributed by atoms with van der Waals surface area (Å²) in [6, 6.07) is 0.853. The van der Waals surface area contributed by atoms with Crippen LogP contribution < -0.4 is 10.1 Å². The van der Waals surface area contributed by atoms with E-state index in [0.29, 0.717) is 5.92 Å². The molecule has 2 aliphatic carbocycles. The molecule has 2 saturated carbocycles. The van der Waals surface area contributed by atoms with Crippen LogP contribution in [-0.4, -0.2) is 35.5 Å². The number of methoxy groups -OCH3 is 1. The molecule has 0 radical (unpaired) electrons. The van der Waals surface area contributed by atoms with Crippen molar-refractivity contribution in [3.63, 3.8) is 0 Å². The van der Waals surface area contributed by atoms with E-state index < -0.39 is 17.8 Å². The number of pyridine rings is 1. The lowest BCUT2D eigenvalue weighted by atomic mass is 9.56. The van der Waals surface area contributed by atoms with E-state index in [4.69, 9.17) is 4.74 Å². The summed E-state index contributed by atoms with van der Waals surface area (Å²) in [6.45, 7) is 5.72. The average molecular weight is 459 g/mol. The van der Waals surface area contributed by atoms with Gasteiger partial charge in [-0.15, -0.1) is 0 Å². The van der Waals surface area contributed by atoms with Crippen LogP contribution >= 0.6 is 11.8 Å². The van der Waals surface area contributed by atoms with E-state index >= 15 is 0 Å². The van der Waals surface area contributed by atoms with Gasteiger partial charge in [-0.2, -0.15) is 24.9 Å². The summed E-state index contributed by atoms with van der Waals surface area (Å²) in [5.41, 5.74) is -0.682. The normalized spacial score (nSPS) is 24.4. The van der Waals surface area contributed by atoms with Crippen molar-refractivity contribution < 1.29 is 22.7 Å². The molecule has 8 heteroatoms. The van der Waals surface area contributed by atoms with Crippen molar-refractivity contribution in [2.24, 2.45) is 17.3 Å². The molecule has 1 N–H and O–H groups in total. The van der Waals surface area contributed by atoms with Gasteiger partial charge < -0.3 is 10.1 Å². The standard InChI is InChI=1S/C23H33F3N2O2S/c1-5-8-31-13-17-11-22(12-17,10-16-6-7-16)15(3)27-20(29)19-14(2)9-18(23(24,25)26)28-21(19)30-4/h9,15-17H,5-8,10-13H2,1-4H3,(H,27,29). The van der Waals surface area contributed by atoms with Gasteiger partial charge in [-0.1, -0.05) is 19.8 Å². The summed E-state index contributed by atoms with van der Waals surface area (Å²) >= 11 is 2.00. The predicted octanol–water partition coefficient (Wildman–Crippen LogP) is 5.88. The highest BCUT2D eigenvalue weighted by Crippen LogP contribution is 2.56. The Hall–Kier alpha value is -1.44. The number of halogens is 3. The molecule has 1 aromatic rings. The maximum Gasteiger partial charge on any atom is 0.433 e. The molecule has 0 spiro atoms. The SMILES string of the molecule is CCCSCC1CC(CC2CC2)(C(C)NC(=O)c2c(C)cc(C(F)(F)F)nc2OC)C1. The van der Waals surface area contributed by atoms with Gasteiger partial charge in [0, 0.05) is 6.04 Å². The first kappa shape index (κ1) is 24.2. The third kappa shape index (κ3) is 5.68. The van der Waals surface area contributed by atoms with Crippen LogP contribution in [0.25, 0.3) is 0 Å². The van der Waals surface area contributed by atoms with Crippen LogP contribution in [0.1, 0.15) is 74.0 Å². The summed E-state index contributed by atoms with van der Waals surface area (Å²) in [7, 11) is 1.24. The van der Waals surface area contributed by atoms with Crippen LogP contribution in [-0.2, 0) is 6.18 Å². The zero-order valence-corrected chi connectivity index (χ0v) is 19.6. The number of alkyl halides is 3. The predicted molar refractivity (Wildman–Crippen MR) is 118 cm³/mol. The second kappa shape index (κ2) is 9.59. The number of ether oxygens (including phenoxy) is 1. The second-order valence-electron chi connectivity index (χ2n) is 9.26. The minimum atomic E-state index is -4.59. The van der Waals surface area contributed by atoms with Gasteiger partial charge in [0.2, 0.25) is 5.88 Å². The Morgan fingerprint density at radius 2 is 2.03 bits per heavy atom. The molecule has 1 amide bonds. The number of aryl methyl sites for hydroxylation is 1. The van der Waals surface area contributed by atoms with Crippen molar-refractivity contribution in [2.45, 2.75) is 71.5 Å². The number of nitrogens with one attached hydrogen (secondary N) is 1. The Balaban J connectivity index is 1.72. The van der Waals surface area contributed by atoms with Crippen molar-refractivity contribution in [3.05, 3.63) is 22.9 Å². The van der Waals surface area contributed by atoms with Crippen LogP contribution in [0.3, 0.4) is 0 Å². The quantitative estimate of drug-likeness (QED) is 0.445. The maximum atomic E-state index is 13.1. The Morgan fingerprint density at radius 3 is 2.58 bits per heavy atom. The van der Waals surface area contributed by atoms with Gasteiger partial charge in [0.1, 0.15) is 11.3 Å². The van der Waals surface area contributed by atoms with Crippen molar-refractivity contribution in [2.75, 3.05) is 18.6 Å². The Morgan fingerprint density at radius 1 is 1.35 bits per heavy atom. The molecule has 0 aliphatic heterocycles. The average Bonchev–Trinajstić information content (AvgIpc) is 3.48. The molecule has 0 aromatic carbocycles. The molecule has 174 valence electrons. The van der Waals surface area contributed by atoms with E-state index in [1.165, 1.54) is 39.0 Å². The van der Waals surface area contributed by atoms with E-state index in [-0.39, 0.29) is 28.5 Å². The Bertz CT molecular complexity index is 790. The molecule has 1 heterocycles. The van der Waals surface area contributed by atoms with Crippen LogP contribution in [0.5, 0.6) is 5.88 Å². The van der Waals surface area contributed by atoms with E-state index in [1.807, 2.05) is 18.7 Å². The van der Waals surface area contributed by atoms with Crippen molar-refractivity contribution >= 4 is 17.7 Å². The molecular formula is C23H33F3N2O2S. The number of hydrogen-bond donors (Lipinski definition) is 1. The summed E-state index contributed by atoms with van der Waals surface area (Å²) < 4.78 is 44.3. The topological polar surface area (TPSA) is 51.2 Å². The lowest BCUT2D eigenvalue weighted by molar-refractivity contribution is -0.141. The first-order chi connectivity index (χ1) is 14.6. The second-order valence-corrected chi connectivity index (χ2v) is 10.4.